The molecule has 9 nitrogen and oxygen atoms in total. The molecule has 2 aromatic heterocycles. The number of amides is 2. The maximum absolute atomic E-state index is 13.9. The van der Waals surface area contributed by atoms with Crippen LogP contribution in [0.3, 0.4) is 0 Å². The molecule has 9 heteroatoms. The minimum Gasteiger partial charge on any atom is -0.349 e. The molecule has 0 bridgehead atoms. The van der Waals surface area contributed by atoms with Crippen molar-refractivity contribution >= 4 is 17.5 Å². The van der Waals surface area contributed by atoms with Crippen molar-refractivity contribution < 1.29 is 9.59 Å². The Kier molecular flexibility index (Phi) is 7.95. The predicted molar refractivity (Wildman–Crippen MR) is 146 cm³/mol. The van der Waals surface area contributed by atoms with E-state index in [1.807, 2.05) is 76.2 Å². The van der Waals surface area contributed by atoms with Gasteiger partial charge in [-0.3, -0.25) is 19.5 Å². The number of nitrogens with zero attached hydrogens (tertiary/aromatic N) is 6. The molecule has 0 fully saturated rings. The van der Waals surface area contributed by atoms with Gasteiger partial charge in [0, 0.05) is 29.2 Å². The summed E-state index contributed by atoms with van der Waals surface area (Å²) in [6, 6.07) is 18.0. The van der Waals surface area contributed by atoms with Crippen molar-refractivity contribution in [3.63, 3.8) is 0 Å². The molecule has 196 valence electrons. The first-order chi connectivity index (χ1) is 18.1. The lowest BCUT2D eigenvalue weighted by molar-refractivity contribution is -0.128. The van der Waals surface area contributed by atoms with Crippen LogP contribution in [0.4, 0.5) is 5.69 Å². The number of tetrazole rings is 1. The third kappa shape index (κ3) is 6.47. The lowest BCUT2D eigenvalue weighted by atomic mass is 10.0. The van der Waals surface area contributed by atoms with Gasteiger partial charge in [0.15, 0.2) is 0 Å². The Balaban J connectivity index is 1.72. The van der Waals surface area contributed by atoms with Gasteiger partial charge in [-0.05, 0) is 74.7 Å². The number of hydrogen-bond acceptors (Lipinski definition) is 6. The molecule has 1 N–H and O–H groups in total. The summed E-state index contributed by atoms with van der Waals surface area (Å²) in [6.07, 6.45) is 4.09. The molecule has 0 aliphatic carbocycles. The largest absolute Gasteiger partial charge is 0.349 e. The van der Waals surface area contributed by atoms with Gasteiger partial charge in [0.25, 0.3) is 5.91 Å². The summed E-state index contributed by atoms with van der Waals surface area (Å²) < 4.78 is 0. The number of rotatable bonds is 8. The molecule has 4 aromatic rings. The summed E-state index contributed by atoms with van der Waals surface area (Å²) in [4.78, 5) is 34.5. The van der Waals surface area contributed by atoms with E-state index in [1.165, 1.54) is 9.70 Å². The summed E-state index contributed by atoms with van der Waals surface area (Å²) in [5.41, 5.74) is 3.79. The van der Waals surface area contributed by atoms with Crippen LogP contribution in [0.25, 0.3) is 11.4 Å². The average molecular weight is 512 g/mol. The Morgan fingerprint density at radius 3 is 2.24 bits per heavy atom. The number of aromatic nitrogens is 5. The van der Waals surface area contributed by atoms with E-state index in [0.29, 0.717) is 17.1 Å². The predicted octanol–water partition coefficient (Wildman–Crippen LogP) is 4.30. The number of benzene rings is 2. The van der Waals surface area contributed by atoms with Gasteiger partial charge < -0.3 is 5.32 Å². The van der Waals surface area contributed by atoms with Crippen LogP contribution < -0.4 is 10.2 Å². The second kappa shape index (κ2) is 11.3. The highest BCUT2D eigenvalue weighted by molar-refractivity contribution is 6.01. The molecule has 2 amide bonds. The zero-order chi connectivity index (χ0) is 27.3. The summed E-state index contributed by atoms with van der Waals surface area (Å²) in [5, 5.41) is 15.7. The lowest BCUT2D eigenvalue weighted by Gasteiger charge is -2.33. The zero-order valence-electron chi connectivity index (χ0n) is 22.4. The Hall–Kier alpha value is -4.40. The van der Waals surface area contributed by atoms with E-state index >= 15 is 0 Å². The Bertz CT molecular complexity index is 1380. The van der Waals surface area contributed by atoms with Gasteiger partial charge in [0.2, 0.25) is 11.7 Å². The van der Waals surface area contributed by atoms with Crippen LogP contribution in [0.2, 0.25) is 0 Å². The van der Waals surface area contributed by atoms with Gasteiger partial charge in [0.1, 0.15) is 12.6 Å². The second-order valence-electron chi connectivity index (χ2n) is 10.2. The Morgan fingerprint density at radius 2 is 1.63 bits per heavy atom. The van der Waals surface area contributed by atoms with Crippen molar-refractivity contribution in [3.8, 4) is 11.4 Å². The Labute approximate surface area is 222 Å². The van der Waals surface area contributed by atoms with Crippen LogP contribution in [-0.4, -0.2) is 42.5 Å². The van der Waals surface area contributed by atoms with Gasteiger partial charge in [-0.1, -0.05) is 48.9 Å². The minimum absolute atomic E-state index is 0.196. The molecule has 2 aromatic carbocycles. The number of pyridine rings is 1. The van der Waals surface area contributed by atoms with Crippen molar-refractivity contribution in [2.45, 2.75) is 59.2 Å². The van der Waals surface area contributed by atoms with E-state index < -0.39 is 11.6 Å². The van der Waals surface area contributed by atoms with Crippen molar-refractivity contribution in [3.05, 3.63) is 89.7 Å². The van der Waals surface area contributed by atoms with E-state index in [9.17, 15) is 9.59 Å². The number of carbonyl (C=O) groups is 2. The van der Waals surface area contributed by atoms with Crippen LogP contribution in [0.5, 0.6) is 0 Å². The molecule has 0 aliphatic heterocycles. The summed E-state index contributed by atoms with van der Waals surface area (Å²) in [7, 11) is 0. The zero-order valence-corrected chi connectivity index (χ0v) is 22.4. The summed E-state index contributed by atoms with van der Waals surface area (Å²) in [6.45, 7) is 9.59. The lowest BCUT2D eigenvalue weighted by Crippen LogP contribution is -2.50. The van der Waals surface area contributed by atoms with Crippen molar-refractivity contribution in [2.24, 2.45) is 0 Å². The molecule has 0 saturated heterocycles. The number of nitrogens with one attached hydrogen (secondary N) is 1. The third-order valence-corrected chi connectivity index (χ3v) is 5.96. The van der Waals surface area contributed by atoms with Crippen molar-refractivity contribution in [2.75, 3.05) is 4.90 Å². The molecular formula is C29H33N7O2. The fourth-order valence-electron chi connectivity index (χ4n) is 4.06. The summed E-state index contributed by atoms with van der Waals surface area (Å²) >= 11 is 0. The monoisotopic (exact) mass is 511 g/mol. The fraction of sp³-hybridized carbons (Fsp3) is 0.310. The van der Waals surface area contributed by atoms with Gasteiger partial charge >= 0.3 is 0 Å². The normalized spacial score (nSPS) is 12.1. The summed E-state index contributed by atoms with van der Waals surface area (Å²) in [5.74, 6) is -0.232. The standard InChI is InChI=1S/C29H33N7O2/c1-6-21-9-13-24(14-10-21)36(26(22-15-17-30-18-16-22)28(38)31-29(3,4)5)25(37)19-35-33-27(32-34-35)23-11-7-20(2)8-12-23/h7-18,26H,6,19H2,1-5H3,(H,31,38)/t26-/m0/s1. The first-order valence-corrected chi connectivity index (χ1v) is 12.6. The first kappa shape index (κ1) is 26.7. The molecule has 0 radical (unpaired) electrons. The number of carbonyl (C=O) groups excluding carboxylic acids is 2. The molecular weight excluding hydrogens is 478 g/mol. The third-order valence-electron chi connectivity index (χ3n) is 5.96. The first-order valence-electron chi connectivity index (χ1n) is 12.6. The van der Waals surface area contributed by atoms with Crippen LogP contribution in [-0.2, 0) is 22.6 Å². The van der Waals surface area contributed by atoms with Gasteiger partial charge in [-0.25, -0.2) is 0 Å². The van der Waals surface area contributed by atoms with Crippen molar-refractivity contribution in [1.29, 1.82) is 0 Å². The molecule has 0 saturated carbocycles. The van der Waals surface area contributed by atoms with E-state index in [2.05, 4.69) is 32.6 Å². The van der Waals surface area contributed by atoms with Crippen LogP contribution >= 0.6 is 0 Å². The van der Waals surface area contributed by atoms with Crippen LogP contribution in [0, 0.1) is 6.92 Å². The molecule has 1 atom stereocenters. The molecule has 4 rings (SSSR count). The average Bonchev–Trinajstić information content (AvgIpc) is 3.35. The second-order valence-corrected chi connectivity index (χ2v) is 10.2. The van der Waals surface area contributed by atoms with Crippen molar-refractivity contribution in [1.82, 2.24) is 30.5 Å². The van der Waals surface area contributed by atoms with Crippen LogP contribution in [0.1, 0.15) is 50.4 Å². The highest BCUT2D eigenvalue weighted by atomic mass is 16.2. The van der Waals surface area contributed by atoms with Gasteiger partial charge in [-0.15, -0.1) is 10.2 Å². The molecule has 38 heavy (non-hydrogen) atoms. The minimum atomic E-state index is -0.933. The molecule has 0 unspecified atom stereocenters. The highest BCUT2D eigenvalue weighted by Gasteiger charge is 2.34. The molecule has 0 spiro atoms. The molecule has 0 aliphatic rings. The SMILES string of the molecule is CCc1ccc(N(C(=O)Cn2nnc(-c3ccc(C)cc3)n2)[C@H](C(=O)NC(C)(C)C)c2ccncc2)cc1. The van der Waals surface area contributed by atoms with E-state index in [-0.39, 0.29) is 18.4 Å². The van der Waals surface area contributed by atoms with Gasteiger partial charge in [-0.2, -0.15) is 4.80 Å². The quantitative estimate of drug-likeness (QED) is 0.378. The number of hydrogen-bond donors (Lipinski definition) is 1. The van der Waals surface area contributed by atoms with E-state index in [1.54, 1.807) is 24.5 Å². The number of aryl methyl sites for hydroxylation is 2. The topological polar surface area (TPSA) is 106 Å². The van der Waals surface area contributed by atoms with Crippen LogP contribution in [0.15, 0.2) is 73.1 Å². The maximum atomic E-state index is 13.9. The Morgan fingerprint density at radius 1 is 0.974 bits per heavy atom. The van der Waals surface area contributed by atoms with E-state index in [4.69, 9.17) is 0 Å². The van der Waals surface area contributed by atoms with E-state index in [0.717, 1.165) is 23.1 Å². The van der Waals surface area contributed by atoms with Gasteiger partial charge in [0.05, 0.1) is 0 Å². The smallest absolute Gasteiger partial charge is 0.251 e. The fourth-order valence-corrected chi connectivity index (χ4v) is 4.06. The molecule has 2 heterocycles. The number of anilines is 1. The maximum Gasteiger partial charge on any atom is 0.251 e. The highest BCUT2D eigenvalue weighted by Crippen LogP contribution is 2.29.